The summed E-state index contributed by atoms with van der Waals surface area (Å²) in [6, 6.07) is 10.5. The summed E-state index contributed by atoms with van der Waals surface area (Å²) in [5.41, 5.74) is 3.44. The highest BCUT2D eigenvalue weighted by molar-refractivity contribution is 5.77. The van der Waals surface area contributed by atoms with Gasteiger partial charge in [-0.1, -0.05) is 6.07 Å². The van der Waals surface area contributed by atoms with Crippen LogP contribution in [0.4, 0.5) is 5.69 Å². The van der Waals surface area contributed by atoms with Gasteiger partial charge in [-0.3, -0.25) is 9.78 Å². The molecule has 0 saturated carbocycles. The number of hydrogen-bond donors (Lipinski definition) is 0. The number of hydrogen-bond acceptors (Lipinski definition) is 6. The number of nitrogens with zero attached hydrogens (tertiary/aromatic N) is 3. The maximum Gasteiger partial charge on any atom is 0.312 e. The van der Waals surface area contributed by atoms with E-state index in [1.807, 2.05) is 31.5 Å². The van der Waals surface area contributed by atoms with Crippen molar-refractivity contribution in [2.45, 2.75) is 39.2 Å². The zero-order valence-electron chi connectivity index (χ0n) is 18.7. The molecule has 4 rings (SSSR count). The van der Waals surface area contributed by atoms with E-state index in [-0.39, 0.29) is 5.97 Å². The molecule has 1 fully saturated rings. The third-order valence-electron chi connectivity index (χ3n) is 6.69. The summed E-state index contributed by atoms with van der Waals surface area (Å²) in [6.07, 6.45) is 6.93. The number of rotatable bonds is 7. The molecule has 1 saturated heterocycles. The van der Waals surface area contributed by atoms with Crippen molar-refractivity contribution in [1.29, 1.82) is 0 Å². The highest BCUT2D eigenvalue weighted by Gasteiger charge is 2.42. The van der Waals surface area contributed by atoms with Gasteiger partial charge in [-0.2, -0.15) is 0 Å². The lowest BCUT2D eigenvalue weighted by atomic mass is 9.75. The first-order chi connectivity index (χ1) is 15.1. The van der Waals surface area contributed by atoms with Crippen LogP contribution in [-0.4, -0.2) is 55.7 Å². The highest BCUT2D eigenvalue weighted by atomic mass is 16.5. The molecule has 0 amide bonds. The van der Waals surface area contributed by atoms with Crippen LogP contribution in [0.5, 0.6) is 5.75 Å². The number of anilines is 1. The van der Waals surface area contributed by atoms with E-state index >= 15 is 0 Å². The maximum absolute atomic E-state index is 12.9. The second-order valence-corrected chi connectivity index (χ2v) is 8.71. The summed E-state index contributed by atoms with van der Waals surface area (Å²) in [6.45, 7) is 6.52. The third-order valence-corrected chi connectivity index (χ3v) is 6.69. The molecule has 0 N–H and O–H groups in total. The Morgan fingerprint density at radius 1 is 1.10 bits per heavy atom. The van der Waals surface area contributed by atoms with Gasteiger partial charge in [0, 0.05) is 44.3 Å². The van der Waals surface area contributed by atoms with Gasteiger partial charge in [-0.15, -0.1) is 0 Å². The van der Waals surface area contributed by atoms with Crippen LogP contribution in [0.2, 0.25) is 0 Å². The average molecular weight is 424 g/mol. The molecular formula is C25H33N3O3. The minimum absolute atomic E-state index is 0.0833. The SMILES string of the molecule is CCOC(=O)C1(CCOc2ccc3c(c2)CN(C)CC3)CCN(c2ccncc2)CC1. The molecule has 6 heteroatoms. The predicted octanol–water partition coefficient (Wildman–Crippen LogP) is 3.69. The van der Waals surface area contributed by atoms with Gasteiger partial charge in [0.25, 0.3) is 0 Å². The number of aromatic nitrogens is 1. The molecule has 6 nitrogen and oxygen atoms in total. The largest absolute Gasteiger partial charge is 0.494 e. The zero-order valence-corrected chi connectivity index (χ0v) is 18.7. The van der Waals surface area contributed by atoms with E-state index in [2.05, 4.69) is 40.0 Å². The van der Waals surface area contributed by atoms with E-state index in [4.69, 9.17) is 9.47 Å². The fourth-order valence-corrected chi connectivity index (χ4v) is 4.72. The molecule has 2 aliphatic rings. The molecule has 0 spiro atoms. The smallest absolute Gasteiger partial charge is 0.312 e. The molecular weight excluding hydrogens is 390 g/mol. The standard InChI is InChI=1S/C25H33N3O3/c1-3-30-24(29)25(9-15-28(16-10-25)22-6-12-26-13-7-22)11-17-31-23-5-4-20-8-14-27(2)19-21(20)18-23/h4-7,12-13,18H,3,8-11,14-17,19H2,1-2H3. The number of piperidine rings is 1. The Balaban J connectivity index is 1.39. The van der Waals surface area contributed by atoms with Gasteiger partial charge in [-0.25, -0.2) is 0 Å². The molecule has 0 aliphatic carbocycles. The molecule has 2 aliphatic heterocycles. The van der Waals surface area contributed by atoms with Crippen molar-refractivity contribution in [3.8, 4) is 5.75 Å². The number of carbonyl (C=O) groups is 1. The van der Waals surface area contributed by atoms with E-state index in [0.29, 0.717) is 19.6 Å². The van der Waals surface area contributed by atoms with Crippen molar-refractivity contribution < 1.29 is 14.3 Å². The van der Waals surface area contributed by atoms with Crippen molar-refractivity contribution in [3.63, 3.8) is 0 Å². The first kappa shape index (κ1) is 21.6. The summed E-state index contributed by atoms with van der Waals surface area (Å²) in [5.74, 6) is 0.808. The van der Waals surface area contributed by atoms with Crippen LogP contribution in [0, 0.1) is 5.41 Å². The second kappa shape index (κ2) is 9.69. The monoisotopic (exact) mass is 423 g/mol. The van der Waals surface area contributed by atoms with Gasteiger partial charge >= 0.3 is 5.97 Å². The molecule has 1 aromatic heterocycles. The van der Waals surface area contributed by atoms with Gasteiger partial charge in [-0.05, 0) is 75.0 Å². The molecule has 31 heavy (non-hydrogen) atoms. The molecule has 166 valence electrons. The van der Waals surface area contributed by atoms with Gasteiger partial charge in [0.1, 0.15) is 5.75 Å². The van der Waals surface area contributed by atoms with Crippen molar-refractivity contribution in [2.24, 2.45) is 5.41 Å². The average Bonchev–Trinajstić information content (AvgIpc) is 2.80. The van der Waals surface area contributed by atoms with Gasteiger partial charge < -0.3 is 19.3 Å². The van der Waals surface area contributed by atoms with E-state index in [1.165, 1.54) is 11.1 Å². The molecule has 0 radical (unpaired) electrons. The topological polar surface area (TPSA) is 54.9 Å². The Labute approximate surface area is 185 Å². The fourth-order valence-electron chi connectivity index (χ4n) is 4.72. The third kappa shape index (κ3) is 5.01. The summed E-state index contributed by atoms with van der Waals surface area (Å²) in [5, 5.41) is 0. The molecule has 0 atom stereocenters. The van der Waals surface area contributed by atoms with E-state index in [0.717, 1.165) is 56.9 Å². The number of carbonyl (C=O) groups excluding carboxylic acids is 1. The number of benzene rings is 1. The number of pyridine rings is 1. The highest BCUT2D eigenvalue weighted by Crippen LogP contribution is 2.38. The first-order valence-corrected chi connectivity index (χ1v) is 11.3. The van der Waals surface area contributed by atoms with Crippen LogP contribution in [0.25, 0.3) is 0 Å². The Morgan fingerprint density at radius 2 is 1.87 bits per heavy atom. The lowest BCUT2D eigenvalue weighted by Gasteiger charge is -2.40. The van der Waals surface area contributed by atoms with Crippen LogP contribution in [0.15, 0.2) is 42.7 Å². The van der Waals surface area contributed by atoms with Crippen LogP contribution in [-0.2, 0) is 22.5 Å². The predicted molar refractivity (Wildman–Crippen MR) is 121 cm³/mol. The first-order valence-electron chi connectivity index (χ1n) is 11.3. The van der Waals surface area contributed by atoms with Gasteiger partial charge in [0.05, 0.1) is 18.6 Å². The fraction of sp³-hybridized carbons (Fsp3) is 0.520. The Bertz CT molecular complexity index is 879. The number of fused-ring (bicyclic) bond motifs is 1. The minimum Gasteiger partial charge on any atom is -0.494 e. The molecule has 0 bridgehead atoms. The van der Waals surface area contributed by atoms with Crippen molar-refractivity contribution in [3.05, 3.63) is 53.9 Å². The lowest BCUT2D eigenvalue weighted by Crippen LogP contribution is -2.46. The molecule has 0 unspecified atom stereocenters. The summed E-state index contributed by atoms with van der Waals surface area (Å²) in [7, 11) is 2.15. The van der Waals surface area contributed by atoms with Crippen LogP contribution in [0.1, 0.15) is 37.3 Å². The molecule has 2 aromatic rings. The van der Waals surface area contributed by atoms with Crippen LogP contribution < -0.4 is 9.64 Å². The lowest BCUT2D eigenvalue weighted by molar-refractivity contribution is -0.157. The van der Waals surface area contributed by atoms with Gasteiger partial charge in [0.15, 0.2) is 0 Å². The van der Waals surface area contributed by atoms with Gasteiger partial charge in [0.2, 0.25) is 0 Å². The van der Waals surface area contributed by atoms with Crippen molar-refractivity contribution >= 4 is 11.7 Å². The minimum atomic E-state index is -0.478. The summed E-state index contributed by atoms with van der Waals surface area (Å²) < 4.78 is 11.6. The van der Waals surface area contributed by atoms with E-state index in [9.17, 15) is 4.79 Å². The number of likely N-dealkylation sites (N-methyl/N-ethyl adjacent to an activating group) is 1. The molecule has 1 aromatic carbocycles. The number of esters is 1. The Kier molecular flexibility index (Phi) is 6.76. The summed E-state index contributed by atoms with van der Waals surface area (Å²) >= 11 is 0. The van der Waals surface area contributed by atoms with Crippen molar-refractivity contribution in [2.75, 3.05) is 44.8 Å². The van der Waals surface area contributed by atoms with E-state index in [1.54, 1.807) is 0 Å². The Morgan fingerprint density at radius 3 is 2.61 bits per heavy atom. The summed E-state index contributed by atoms with van der Waals surface area (Å²) in [4.78, 5) is 21.7. The quantitative estimate of drug-likeness (QED) is 0.633. The number of ether oxygens (including phenoxy) is 2. The zero-order chi connectivity index (χ0) is 21.7. The maximum atomic E-state index is 12.9. The van der Waals surface area contributed by atoms with Crippen LogP contribution in [0.3, 0.4) is 0 Å². The molecule has 3 heterocycles. The Hall–Kier alpha value is -2.60. The van der Waals surface area contributed by atoms with Crippen molar-refractivity contribution in [1.82, 2.24) is 9.88 Å². The van der Waals surface area contributed by atoms with Crippen LogP contribution >= 0.6 is 0 Å². The second-order valence-electron chi connectivity index (χ2n) is 8.71. The van der Waals surface area contributed by atoms with E-state index < -0.39 is 5.41 Å². The normalized spacial score (nSPS) is 18.3.